The number of nitrogens with zero attached hydrogens (tertiary/aromatic N) is 4. The largest absolute Gasteiger partial charge is 0.461 e. The van der Waals surface area contributed by atoms with Crippen LogP contribution in [0.2, 0.25) is 0 Å². The van der Waals surface area contributed by atoms with Crippen LogP contribution in [0, 0.1) is 0 Å². The number of likely N-dealkylation sites (N-methyl/N-ethyl adjacent to an activating group) is 1. The molecule has 4 rings (SSSR count). The summed E-state index contributed by atoms with van der Waals surface area (Å²) < 4.78 is 10.7. The molecule has 16 nitrogen and oxygen atoms in total. The van der Waals surface area contributed by atoms with Gasteiger partial charge in [0.15, 0.2) is 17.1 Å². The molecule has 3 heterocycles. The second-order valence-corrected chi connectivity index (χ2v) is 12.9. The zero-order valence-corrected chi connectivity index (χ0v) is 27.3. The average molecular weight is 673 g/mol. The molecule has 1 aromatic rings. The van der Waals surface area contributed by atoms with Gasteiger partial charge in [-0.1, -0.05) is 30.3 Å². The summed E-state index contributed by atoms with van der Waals surface area (Å²) in [6, 6.07) is 4.95. The number of piperazine rings is 1. The van der Waals surface area contributed by atoms with Crippen molar-refractivity contribution < 1.29 is 47.8 Å². The molecule has 2 saturated heterocycles. The molecule has 0 aliphatic carbocycles. The van der Waals surface area contributed by atoms with E-state index in [1.165, 1.54) is 24.0 Å². The molecule has 0 aromatic heterocycles. The lowest BCUT2D eigenvalue weighted by molar-refractivity contribution is -0.178. The third kappa shape index (κ3) is 6.79. The Kier molecular flexibility index (Phi) is 10.3. The number of amides is 6. The number of benzene rings is 1. The Morgan fingerprint density at radius 3 is 2.36 bits per heavy atom. The maximum atomic E-state index is 14.1. The van der Waals surface area contributed by atoms with Crippen LogP contribution >= 0.6 is 11.8 Å². The lowest BCUT2D eigenvalue weighted by atomic mass is 9.96. The first kappa shape index (κ1) is 34.9. The Bertz CT molecular complexity index is 1510. The van der Waals surface area contributed by atoms with E-state index in [9.17, 15) is 38.4 Å². The molecular weight excluding hydrogens is 636 g/mol. The lowest BCUT2D eigenvalue weighted by Gasteiger charge is -2.58. The van der Waals surface area contributed by atoms with Gasteiger partial charge < -0.3 is 25.0 Å². The van der Waals surface area contributed by atoms with Gasteiger partial charge >= 0.3 is 23.8 Å². The van der Waals surface area contributed by atoms with Crippen molar-refractivity contribution in [3.63, 3.8) is 0 Å². The highest BCUT2D eigenvalue weighted by Crippen LogP contribution is 2.48. The van der Waals surface area contributed by atoms with Gasteiger partial charge in [-0.25, -0.2) is 14.8 Å². The van der Waals surface area contributed by atoms with Gasteiger partial charge in [0.25, 0.3) is 5.91 Å². The molecule has 252 valence electrons. The predicted octanol–water partition coefficient (Wildman–Crippen LogP) is -0.576. The van der Waals surface area contributed by atoms with Crippen molar-refractivity contribution in [2.24, 2.45) is 0 Å². The van der Waals surface area contributed by atoms with E-state index in [4.69, 9.17) is 9.47 Å². The zero-order valence-electron chi connectivity index (χ0n) is 26.5. The van der Waals surface area contributed by atoms with E-state index in [0.717, 1.165) is 26.7 Å². The highest BCUT2D eigenvalue weighted by atomic mass is 32.2. The Hall–Kier alpha value is -4.93. The zero-order chi connectivity index (χ0) is 34.7. The van der Waals surface area contributed by atoms with Crippen LogP contribution in [0.1, 0.15) is 46.2 Å². The summed E-state index contributed by atoms with van der Waals surface area (Å²) in [6.45, 7) is 7.72. The quantitative estimate of drug-likeness (QED) is 0.125. The third-order valence-electron chi connectivity index (χ3n) is 7.49. The Balaban J connectivity index is 1.71. The number of β-lactam (4-membered cyclic amide) rings is 1. The maximum absolute atomic E-state index is 14.1. The minimum Gasteiger partial charge on any atom is -0.461 e. The molecule has 6 amide bonds. The Morgan fingerprint density at radius 1 is 1.11 bits per heavy atom. The first-order valence-corrected chi connectivity index (χ1v) is 15.7. The van der Waals surface area contributed by atoms with Crippen molar-refractivity contribution in [2.75, 3.05) is 32.0 Å². The number of ether oxygens (including phenoxy) is 2. The molecule has 1 aromatic carbocycles. The molecular formula is C30H36N6O10S. The molecule has 3 aliphatic rings. The molecule has 17 heteroatoms. The molecule has 2 N–H and O–H groups in total. The van der Waals surface area contributed by atoms with Crippen molar-refractivity contribution in [3.8, 4) is 0 Å². The topological polar surface area (TPSA) is 192 Å². The van der Waals surface area contributed by atoms with Crippen LogP contribution in [-0.2, 0) is 47.8 Å². The van der Waals surface area contributed by atoms with Crippen LogP contribution in [0.25, 0.3) is 0 Å². The van der Waals surface area contributed by atoms with E-state index < -0.39 is 58.2 Å². The number of rotatable bonds is 12. The SMILES string of the molecule is CCN1CCN(N(C=O)C(C(=O)N[C@H]2C(=O)N3C(C(=O)OC(C)(C)C)=C(COC(C)=O)CSC23NC=O)c2ccccc2)C(=O)C1=O. The van der Waals surface area contributed by atoms with Crippen molar-refractivity contribution in [1.82, 2.24) is 30.5 Å². The number of hydrogen-bond donors (Lipinski definition) is 2. The number of nitrogens with one attached hydrogen (secondary N) is 2. The number of fused-ring (bicyclic) bond motifs is 1. The van der Waals surface area contributed by atoms with E-state index in [1.807, 2.05) is 0 Å². The summed E-state index contributed by atoms with van der Waals surface area (Å²) in [5.74, 6) is -5.15. The van der Waals surface area contributed by atoms with E-state index in [-0.39, 0.29) is 55.2 Å². The molecule has 0 bridgehead atoms. The third-order valence-corrected chi connectivity index (χ3v) is 8.96. The highest BCUT2D eigenvalue weighted by Gasteiger charge is 2.66. The van der Waals surface area contributed by atoms with Crippen LogP contribution in [0.15, 0.2) is 41.6 Å². The first-order chi connectivity index (χ1) is 22.2. The first-order valence-electron chi connectivity index (χ1n) is 14.7. The summed E-state index contributed by atoms with van der Waals surface area (Å²) in [6.07, 6.45) is 0.553. The van der Waals surface area contributed by atoms with Gasteiger partial charge in [-0.3, -0.25) is 38.5 Å². The minimum atomic E-state index is -1.72. The molecule has 47 heavy (non-hydrogen) atoms. The standard InChI is InChI=1S/C30H36N6O10S/c1-6-33-12-13-34(27(43)26(33)42)35(17-38)21(19-10-8-7-9-11-19)24(40)32-23-25(41)36-22(28(44)46-29(3,4)5)20(14-45-18(2)39)15-47-30(23,36)31-16-37/h7-11,16-17,21,23H,6,12-15H2,1-5H3,(H,31,37)(H,32,40)/t21?,23-,30?/m0/s1. The number of hydrogen-bond acceptors (Lipinski definition) is 11. The molecule has 0 saturated carbocycles. The van der Waals surface area contributed by atoms with Gasteiger partial charge in [0.1, 0.15) is 17.9 Å². The fourth-order valence-electron chi connectivity index (χ4n) is 5.39. The van der Waals surface area contributed by atoms with Gasteiger partial charge in [-0.05, 0) is 33.3 Å². The summed E-state index contributed by atoms with van der Waals surface area (Å²) in [5.41, 5.74) is -0.737. The van der Waals surface area contributed by atoms with Crippen LogP contribution in [-0.4, -0.2) is 117 Å². The lowest BCUT2D eigenvalue weighted by Crippen LogP contribution is -2.83. The van der Waals surface area contributed by atoms with Crippen LogP contribution in [0.4, 0.5) is 0 Å². The molecule has 0 radical (unpaired) electrons. The fourth-order valence-corrected chi connectivity index (χ4v) is 6.77. The molecule has 0 spiro atoms. The van der Waals surface area contributed by atoms with Crippen LogP contribution in [0.5, 0.6) is 0 Å². The Morgan fingerprint density at radius 2 is 1.79 bits per heavy atom. The van der Waals surface area contributed by atoms with E-state index >= 15 is 0 Å². The van der Waals surface area contributed by atoms with Gasteiger partial charge in [0.05, 0.1) is 6.54 Å². The van der Waals surface area contributed by atoms with Crippen LogP contribution < -0.4 is 10.6 Å². The summed E-state index contributed by atoms with van der Waals surface area (Å²) in [4.78, 5) is 104. The summed E-state index contributed by atoms with van der Waals surface area (Å²) in [7, 11) is 0. The smallest absolute Gasteiger partial charge is 0.355 e. The maximum Gasteiger partial charge on any atom is 0.355 e. The highest BCUT2D eigenvalue weighted by molar-refractivity contribution is 8.01. The number of hydrazine groups is 1. The number of thioether (sulfide) groups is 1. The van der Waals surface area contributed by atoms with Crippen molar-refractivity contribution in [3.05, 3.63) is 47.2 Å². The van der Waals surface area contributed by atoms with E-state index in [2.05, 4.69) is 10.6 Å². The summed E-state index contributed by atoms with van der Waals surface area (Å²) >= 11 is 0.984. The van der Waals surface area contributed by atoms with E-state index in [1.54, 1.807) is 45.9 Å². The number of esters is 2. The molecule has 3 aliphatic heterocycles. The van der Waals surface area contributed by atoms with Gasteiger partial charge in [0.2, 0.25) is 18.7 Å². The monoisotopic (exact) mass is 672 g/mol. The van der Waals surface area contributed by atoms with Crippen LogP contribution in [0.3, 0.4) is 0 Å². The second kappa shape index (κ2) is 13.8. The van der Waals surface area contributed by atoms with Gasteiger partial charge in [-0.2, -0.15) is 0 Å². The molecule has 2 fully saturated rings. The van der Waals surface area contributed by atoms with Gasteiger partial charge in [0, 0.05) is 31.3 Å². The number of carbonyl (C=O) groups excluding carboxylic acids is 8. The predicted molar refractivity (Wildman–Crippen MR) is 164 cm³/mol. The molecule has 2 unspecified atom stereocenters. The fraction of sp³-hybridized carbons (Fsp3) is 0.467. The van der Waals surface area contributed by atoms with Crippen molar-refractivity contribution >= 4 is 60.1 Å². The minimum absolute atomic E-state index is 0.0141. The Labute approximate surface area is 274 Å². The number of carbonyl (C=O) groups is 8. The normalized spacial score (nSPS) is 21.7. The van der Waals surface area contributed by atoms with Gasteiger partial charge in [-0.15, -0.1) is 11.8 Å². The second-order valence-electron chi connectivity index (χ2n) is 11.7. The van der Waals surface area contributed by atoms with Crippen molar-refractivity contribution in [2.45, 2.75) is 57.3 Å². The summed E-state index contributed by atoms with van der Waals surface area (Å²) in [5, 5.41) is 6.83. The van der Waals surface area contributed by atoms with Crippen molar-refractivity contribution in [1.29, 1.82) is 0 Å². The molecule has 3 atom stereocenters. The average Bonchev–Trinajstić information content (AvgIpc) is 3.02. The van der Waals surface area contributed by atoms with E-state index in [0.29, 0.717) is 6.41 Å².